The van der Waals surface area contributed by atoms with E-state index in [2.05, 4.69) is 5.32 Å². The first kappa shape index (κ1) is 19.2. The molecule has 0 aliphatic heterocycles. The predicted octanol–water partition coefficient (Wildman–Crippen LogP) is 3.57. The Morgan fingerprint density at radius 2 is 1.93 bits per heavy atom. The Labute approximate surface area is 159 Å². The smallest absolute Gasteiger partial charge is 0.408 e. The number of ether oxygens (including phenoxy) is 2. The standard InChI is InChI=1S/C20H27N3O4/c1-12-10-14-15(11-13(12)16(24)26-6)23(5)17(21-14)20(8-7-9-20)22-18(25)27-19(2,3)4/h10-11H,7-9H2,1-6H3,(H,22,25). The maximum absolute atomic E-state index is 12.4. The fourth-order valence-corrected chi connectivity index (χ4v) is 3.53. The van der Waals surface area contributed by atoms with Crippen molar-refractivity contribution >= 4 is 23.1 Å². The second kappa shape index (κ2) is 6.55. The van der Waals surface area contributed by atoms with E-state index in [1.165, 1.54) is 7.11 Å². The van der Waals surface area contributed by atoms with E-state index >= 15 is 0 Å². The normalized spacial score (nSPS) is 15.9. The Balaban J connectivity index is 2.01. The maximum atomic E-state index is 12.4. The maximum Gasteiger partial charge on any atom is 0.408 e. The van der Waals surface area contributed by atoms with Crippen LogP contribution in [0.15, 0.2) is 12.1 Å². The van der Waals surface area contributed by atoms with E-state index in [0.29, 0.717) is 5.56 Å². The number of carbonyl (C=O) groups is 2. The largest absolute Gasteiger partial charge is 0.465 e. The number of hydrogen-bond acceptors (Lipinski definition) is 5. The Morgan fingerprint density at radius 3 is 2.44 bits per heavy atom. The molecule has 1 aliphatic carbocycles. The summed E-state index contributed by atoms with van der Waals surface area (Å²) in [5.41, 5.74) is 1.83. The van der Waals surface area contributed by atoms with Crippen LogP contribution in [0.2, 0.25) is 0 Å². The van der Waals surface area contributed by atoms with Crippen LogP contribution in [0.4, 0.5) is 4.79 Å². The van der Waals surface area contributed by atoms with E-state index in [1.54, 1.807) is 6.07 Å². The van der Waals surface area contributed by atoms with Crippen LogP contribution in [0.25, 0.3) is 11.0 Å². The van der Waals surface area contributed by atoms with E-state index in [0.717, 1.165) is 41.7 Å². The van der Waals surface area contributed by atoms with Crippen LogP contribution in [0.1, 0.15) is 61.8 Å². The molecule has 1 N–H and O–H groups in total. The molecule has 7 heteroatoms. The molecule has 1 aromatic heterocycles. The van der Waals surface area contributed by atoms with Crippen LogP contribution in [-0.4, -0.2) is 34.3 Å². The van der Waals surface area contributed by atoms with Gasteiger partial charge in [-0.25, -0.2) is 14.6 Å². The highest BCUT2D eigenvalue weighted by molar-refractivity contribution is 5.95. The number of alkyl carbamates (subject to hydrolysis) is 1. The molecule has 0 unspecified atom stereocenters. The van der Waals surface area contributed by atoms with Crippen molar-refractivity contribution in [1.82, 2.24) is 14.9 Å². The molecule has 0 bridgehead atoms. The monoisotopic (exact) mass is 373 g/mol. The van der Waals surface area contributed by atoms with Gasteiger partial charge < -0.3 is 19.4 Å². The zero-order chi connectivity index (χ0) is 20.0. The van der Waals surface area contributed by atoms with Gasteiger partial charge in [-0.2, -0.15) is 0 Å². The fourth-order valence-electron chi connectivity index (χ4n) is 3.53. The summed E-state index contributed by atoms with van der Waals surface area (Å²) in [6.07, 6.45) is 2.16. The number of methoxy groups -OCH3 is 1. The number of imidazole rings is 1. The molecule has 0 atom stereocenters. The molecule has 0 radical (unpaired) electrons. The van der Waals surface area contributed by atoms with E-state index in [-0.39, 0.29) is 5.97 Å². The van der Waals surface area contributed by atoms with Crippen LogP contribution in [-0.2, 0) is 22.1 Å². The number of hydrogen-bond donors (Lipinski definition) is 1. The zero-order valence-corrected chi connectivity index (χ0v) is 16.8. The number of carbonyl (C=O) groups excluding carboxylic acids is 2. The number of fused-ring (bicyclic) bond motifs is 1. The SMILES string of the molecule is COC(=O)c1cc2c(cc1C)nc(C1(NC(=O)OC(C)(C)C)CCC1)n2C. The quantitative estimate of drug-likeness (QED) is 0.832. The third-order valence-electron chi connectivity index (χ3n) is 5.01. The second-order valence-electron chi connectivity index (χ2n) is 8.20. The summed E-state index contributed by atoms with van der Waals surface area (Å²) in [5.74, 6) is 0.401. The lowest BCUT2D eigenvalue weighted by Gasteiger charge is -2.41. The van der Waals surface area contributed by atoms with Gasteiger partial charge in [0.1, 0.15) is 17.0 Å². The summed E-state index contributed by atoms with van der Waals surface area (Å²) in [5, 5.41) is 3.03. The lowest BCUT2D eigenvalue weighted by atomic mass is 9.76. The first-order chi connectivity index (χ1) is 12.6. The minimum Gasteiger partial charge on any atom is -0.465 e. The van der Waals surface area contributed by atoms with Crippen molar-refractivity contribution < 1.29 is 19.1 Å². The second-order valence-corrected chi connectivity index (χ2v) is 8.20. The van der Waals surface area contributed by atoms with E-state index < -0.39 is 17.2 Å². The predicted molar refractivity (Wildman–Crippen MR) is 102 cm³/mol. The molecule has 0 spiro atoms. The van der Waals surface area contributed by atoms with Gasteiger partial charge in [-0.1, -0.05) is 0 Å². The minimum absolute atomic E-state index is 0.373. The number of nitrogens with zero attached hydrogens (tertiary/aromatic N) is 2. The van der Waals surface area contributed by atoms with Crippen molar-refractivity contribution in [2.24, 2.45) is 7.05 Å². The molecule has 1 heterocycles. The number of esters is 1. The summed E-state index contributed by atoms with van der Waals surface area (Å²) in [6, 6.07) is 3.68. The number of nitrogens with one attached hydrogen (secondary N) is 1. The molecule has 1 amide bonds. The van der Waals surface area contributed by atoms with Gasteiger partial charge in [-0.3, -0.25) is 0 Å². The van der Waals surface area contributed by atoms with Crippen molar-refractivity contribution in [2.75, 3.05) is 7.11 Å². The molecule has 7 nitrogen and oxygen atoms in total. The molecular formula is C20H27N3O4. The van der Waals surface area contributed by atoms with Crippen LogP contribution in [0.5, 0.6) is 0 Å². The van der Waals surface area contributed by atoms with Gasteiger partial charge in [0.05, 0.1) is 23.7 Å². The topological polar surface area (TPSA) is 82.4 Å². The van der Waals surface area contributed by atoms with Gasteiger partial charge >= 0.3 is 12.1 Å². The van der Waals surface area contributed by atoms with Crippen molar-refractivity contribution in [2.45, 2.75) is 58.1 Å². The molecule has 1 aliphatic rings. The summed E-state index contributed by atoms with van der Waals surface area (Å²) in [7, 11) is 3.27. The van der Waals surface area contributed by atoms with Crippen LogP contribution in [0.3, 0.4) is 0 Å². The first-order valence-electron chi connectivity index (χ1n) is 9.13. The van der Waals surface area contributed by atoms with Crippen molar-refractivity contribution in [1.29, 1.82) is 0 Å². The molecule has 1 fully saturated rings. The molecule has 146 valence electrons. The van der Waals surface area contributed by atoms with E-state index in [4.69, 9.17) is 14.5 Å². The number of aryl methyl sites for hydroxylation is 2. The zero-order valence-electron chi connectivity index (χ0n) is 16.8. The summed E-state index contributed by atoms with van der Waals surface area (Å²) in [6.45, 7) is 7.38. The van der Waals surface area contributed by atoms with Crippen LogP contribution >= 0.6 is 0 Å². The summed E-state index contributed by atoms with van der Waals surface area (Å²) >= 11 is 0. The molecule has 1 saturated carbocycles. The van der Waals surface area contributed by atoms with Crippen molar-refractivity contribution in [3.8, 4) is 0 Å². The van der Waals surface area contributed by atoms with Gasteiger partial charge in [0.2, 0.25) is 0 Å². The molecular weight excluding hydrogens is 346 g/mol. The number of benzene rings is 1. The van der Waals surface area contributed by atoms with Crippen molar-refractivity contribution in [3.63, 3.8) is 0 Å². The Morgan fingerprint density at radius 1 is 1.26 bits per heavy atom. The highest BCUT2D eigenvalue weighted by Crippen LogP contribution is 2.42. The molecule has 2 aromatic rings. The average molecular weight is 373 g/mol. The Kier molecular flexibility index (Phi) is 4.66. The van der Waals surface area contributed by atoms with E-state index in [9.17, 15) is 9.59 Å². The van der Waals surface area contributed by atoms with Gasteiger partial charge in [0.15, 0.2) is 0 Å². The highest BCUT2D eigenvalue weighted by Gasteiger charge is 2.44. The van der Waals surface area contributed by atoms with Crippen molar-refractivity contribution in [3.05, 3.63) is 29.1 Å². The fraction of sp³-hybridized carbons (Fsp3) is 0.550. The third-order valence-corrected chi connectivity index (χ3v) is 5.01. The van der Waals surface area contributed by atoms with Crippen LogP contribution < -0.4 is 5.32 Å². The highest BCUT2D eigenvalue weighted by atomic mass is 16.6. The average Bonchev–Trinajstić information content (AvgIpc) is 2.84. The number of amides is 1. The van der Waals surface area contributed by atoms with E-state index in [1.807, 2.05) is 45.4 Å². The molecule has 0 saturated heterocycles. The summed E-state index contributed by atoms with van der Waals surface area (Å²) in [4.78, 5) is 29.2. The minimum atomic E-state index is -0.562. The number of rotatable bonds is 3. The molecule has 3 rings (SSSR count). The van der Waals surface area contributed by atoms with Gasteiger partial charge in [-0.05, 0) is 64.7 Å². The van der Waals surface area contributed by atoms with Crippen LogP contribution in [0, 0.1) is 6.92 Å². The Hall–Kier alpha value is -2.57. The summed E-state index contributed by atoms with van der Waals surface area (Å²) < 4.78 is 12.3. The van der Waals surface area contributed by atoms with Gasteiger partial charge in [0, 0.05) is 7.05 Å². The Bertz CT molecular complexity index is 904. The van der Waals surface area contributed by atoms with Gasteiger partial charge in [-0.15, -0.1) is 0 Å². The molecule has 1 aromatic carbocycles. The lowest BCUT2D eigenvalue weighted by molar-refractivity contribution is 0.0361. The van der Waals surface area contributed by atoms with Gasteiger partial charge in [0.25, 0.3) is 0 Å². The number of aromatic nitrogens is 2. The lowest BCUT2D eigenvalue weighted by Crippen LogP contribution is -2.53. The first-order valence-corrected chi connectivity index (χ1v) is 9.13. The molecule has 27 heavy (non-hydrogen) atoms. The third kappa shape index (κ3) is 3.50.